The first-order valence-corrected chi connectivity index (χ1v) is 6.17. The van der Waals surface area contributed by atoms with Gasteiger partial charge in [0, 0.05) is 12.6 Å². The summed E-state index contributed by atoms with van der Waals surface area (Å²) in [6.07, 6.45) is 9.82. The summed E-state index contributed by atoms with van der Waals surface area (Å²) in [4.78, 5) is 15.8. The lowest BCUT2D eigenvalue weighted by atomic mass is 9.93. The van der Waals surface area contributed by atoms with Crippen LogP contribution < -0.4 is 5.73 Å². The minimum atomic E-state index is 0.174. The summed E-state index contributed by atoms with van der Waals surface area (Å²) in [5.74, 6) is 0.646. The van der Waals surface area contributed by atoms with E-state index >= 15 is 0 Å². The lowest BCUT2D eigenvalue weighted by Gasteiger charge is -2.12. The number of allylic oxidation sites excluding steroid dienone is 2. The molecule has 3 heteroatoms. The fourth-order valence-corrected chi connectivity index (χ4v) is 2.23. The van der Waals surface area contributed by atoms with Crippen LogP contribution in [0.5, 0.6) is 0 Å². The number of pyridine rings is 1. The Hall–Kier alpha value is -1.64. The Kier molecular flexibility index (Phi) is 3.91. The molecule has 0 radical (unpaired) electrons. The number of nitrogens with two attached hydrogens (primary N) is 1. The van der Waals surface area contributed by atoms with Crippen molar-refractivity contribution in [2.24, 2.45) is 0 Å². The van der Waals surface area contributed by atoms with Gasteiger partial charge in [-0.1, -0.05) is 12.0 Å². The van der Waals surface area contributed by atoms with E-state index in [-0.39, 0.29) is 5.78 Å². The summed E-state index contributed by atoms with van der Waals surface area (Å²) < 4.78 is 0. The van der Waals surface area contributed by atoms with Crippen molar-refractivity contribution in [2.75, 3.05) is 5.73 Å². The van der Waals surface area contributed by atoms with Crippen molar-refractivity contribution in [1.82, 2.24) is 4.98 Å². The van der Waals surface area contributed by atoms with E-state index in [1.807, 2.05) is 12.1 Å². The molecule has 1 fully saturated rings. The summed E-state index contributed by atoms with van der Waals surface area (Å²) in [6.45, 7) is 0. The Morgan fingerprint density at radius 3 is 2.82 bits per heavy atom. The van der Waals surface area contributed by atoms with Gasteiger partial charge in [0.15, 0.2) is 5.78 Å². The first-order valence-electron chi connectivity index (χ1n) is 6.17. The van der Waals surface area contributed by atoms with Crippen molar-refractivity contribution in [3.63, 3.8) is 0 Å². The predicted molar refractivity (Wildman–Crippen MR) is 68.5 cm³/mol. The second kappa shape index (κ2) is 5.62. The van der Waals surface area contributed by atoms with E-state index in [0.29, 0.717) is 12.2 Å². The SMILES string of the molecule is Nc1cc(CC(=O)C=C2CCCCC2)ccn1. The average Bonchev–Trinajstić information content (AvgIpc) is 2.30. The van der Waals surface area contributed by atoms with Crippen LogP contribution in [0.2, 0.25) is 0 Å². The number of carbonyl (C=O) groups is 1. The minimum Gasteiger partial charge on any atom is -0.384 e. The van der Waals surface area contributed by atoms with Gasteiger partial charge in [0.1, 0.15) is 5.82 Å². The van der Waals surface area contributed by atoms with Gasteiger partial charge in [0.05, 0.1) is 0 Å². The van der Waals surface area contributed by atoms with E-state index in [2.05, 4.69) is 4.98 Å². The second-order valence-electron chi connectivity index (χ2n) is 4.60. The normalized spacial score (nSPS) is 15.6. The van der Waals surface area contributed by atoms with Crippen molar-refractivity contribution in [3.8, 4) is 0 Å². The van der Waals surface area contributed by atoms with Crippen molar-refractivity contribution in [2.45, 2.75) is 38.5 Å². The van der Waals surface area contributed by atoms with Crippen molar-refractivity contribution >= 4 is 11.6 Å². The fourth-order valence-electron chi connectivity index (χ4n) is 2.23. The van der Waals surface area contributed by atoms with Gasteiger partial charge in [-0.3, -0.25) is 4.79 Å². The summed E-state index contributed by atoms with van der Waals surface area (Å²) in [5.41, 5.74) is 7.83. The molecule has 0 aromatic carbocycles. The zero-order valence-corrected chi connectivity index (χ0v) is 9.98. The molecule has 1 heterocycles. The monoisotopic (exact) mass is 230 g/mol. The number of carbonyl (C=O) groups excluding carboxylic acids is 1. The zero-order chi connectivity index (χ0) is 12.1. The lowest BCUT2D eigenvalue weighted by Crippen LogP contribution is -2.03. The van der Waals surface area contributed by atoms with E-state index in [4.69, 9.17) is 5.73 Å². The molecule has 2 rings (SSSR count). The number of hydrogen-bond donors (Lipinski definition) is 1. The van der Waals surface area contributed by atoms with Gasteiger partial charge in [-0.15, -0.1) is 0 Å². The molecule has 0 saturated heterocycles. The van der Waals surface area contributed by atoms with Crippen LogP contribution in [0.25, 0.3) is 0 Å². The predicted octanol–water partition coefficient (Wildman–Crippen LogP) is 2.67. The fraction of sp³-hybridized carbons (Fsp3) is 0.429. The maximum atomic E-state index is 11.9. The van der Waals surface area contributed by atoms with Crippen molar-refractivity contribution in [3.05, 3.63) is 35.5 Å². The van der Waals surface area contributed by atoms with Crippen LogP contribution in [0.3, 0.4) is 0 Å². The number of nitrogen functional groups attached to an aromatic ring is 1. The topological polar surface area (TPSA) is 56.0 Å². The van der Waals surface area contributed by atoms with Gasteiger partial charge in [-0.25, -0.2) is 4.98 Å². The Morgan fingerprint density at radius 2 is 2.12 bits per heavy atom. The molecule has 90 valence electrons. The molecule has 1 aliphatic carbocycles. The van der Waals surface area contributed by atoms with Gasteiger partial charge in [0.2, 0.25) is 0 Å². The molecule has 0 spiro atoms. The zero-order valence-electron chi connectivity index (χ0n) is 9.98. The van der Waals surface area contributed by atoms with Gasteiger partial charge < -0.3 is 5.73 Å². The van der Waals surface area contributed by atoms with Crippen LogP contribution in [-0.4, -0.2) is 10.8 Å². The van der Waals surface area contributed by atoms with Crippen LogP contribution in [0.15, 0.2) is 30.0 Å². The first kappa shape index (κ1) is 11.8. The molecule has 0 bridgehead atoms. The molecule has 0 amide bonds. The Balaban J connectivity index is 1.97. The first-order chi connectivity index (χ1) is 8.24. The maximum Gasteiger partial charge on any atom is 0.160 e. The Morgan fingerprint density at radius 1 is 1.35 bits per heavy atom. The minimum absolute atomic E-state index is 0.174. The summed E-state index contributed by atoms with van der Waals surface area (Å²) >= 11 is 0. The molecular weight excluding hydrogens is 212 g/mol. The summed E-state index contributed by atoms with van der Waals surface area (Å²) in [5, 5.41) is 0. The number of anilines is 1. The van der Waals surface area contributed by atoms with Crippen LogP contribution >= 0.6 is 0 Å². The largest absolute Gasteiger partial charge is 0.384 e. The third-order valence-electron chi connectivity index (χ3n) is 3.08. The number of rotatable bonds is 3. The Bertz CT molecular complexity index is 430. The van der Waals surface area contributed by atoms with Gasteiger partial charge >= 0.3 is 0 Å². The number of hydrogen-bond acceptors (Lipinski definition) is 3. The van der Waals surface area contributed by atoms with E-state index in [9.17, 15) is 4.79 Å². The smallest absolute Gasteiger partial charge is 0.160 e. The molecule has 1 saturated carbocycles. The van der Waals surface area contributed by atoms with E-state index in [1.54, 1.807) is 12.3 Å². The van der Waals surface area contributed by atoms with Crippen LogP contribution in [0, 0.1) is 0 Å². The van der Waals surface area contributed by atoms with E-state index < -0.39 is 0 Å². The molecule has 2 N–H and O–H groups in total. The molecule has 1 aromatic heterocycles. The third-order valence-corrected chi connectivity index (χ3v) is 3.08. The van der Waals surface area contributed by atoms with Gasteiger partial charge in [0.25, 0.3) is 0 Å². The maximum absolute atomic E-state index is 11.9. The summed E-state index contributed by atoms with van der Waals surface area (Å²) in [7, 11) is 0. The molecule has 17 heavy (non-hydrogen) atoms. The molecule has 0 unspecified atom stereocenters. The quantitative estimate of drug-likeness (QED) is 0.812. The van der Waals surface area contributed by atoms with Gasteiger partial charge in [-0.2, -0.15) is 0 Å². The van der Waals surface area contributed by atoms with Crippen molar-refractivity contribution < 1.29 is 4.79 Å². The highest BCUT2D eigenvalue weighted by Crippen LogP contribution is 2.22. The molecule has 1 aliphatic rings. The number of aromatic nitrogens is 1. The molecule has 3 nitrogen and oxygen atoms in total. The average molecular weight is 230 g/mol. The van der Waals surface area contributed by atoms with Crippen molar-refractivity contribution in [1.29, 1.82) is 0 Å². The second-order valence-corrected chi connectivity index (χ2v) is 4.60. The molecule has 0 atom stereocenters. The van der Waals surface area contributed by atoms with Crippen LogP contribution in [0.1, 0.15) is 37.7 Å². The number of ketones is 1. The molecule has 0 aliphatic heterocycles. The molecular formula is C14H18N2O. The molecule has 1 aromatic rings. The Labute approximate surface area is 102 Å². The highest BCUT2D eigenvalue weighted by atomic mass is 16.1. The summed E-state index contributed by atoms with van der Waals surface area (Å²) in [6, 6.07) is 3.60. The highest BCUT2D eigenvalue weighted by molar-refractivity contribution is 5.92. The standard InChI is InChI=1S/C14H18N2O/c15-14-10-12(6-7-16-14)9-13(17)8-11-4-2-1-3-5-11/h6-8,10H,1-5,9H2,(H2,15,16). The van der Waals surface area contributed by atoms with Crippen LogP contribution in [0.4, 0.5) is 5.82 Å². The van der Waals surface area contributed by atoms with Gasteiger partial charge in [-0.05, 0) is 49.5 Å². The van der Waals surface area contributed by atoms with Crippen LogP contribution in [-0.2, 0) is 11.2 Å². The van der Waals surface area contributed by atoms with E-state index in [1.165, 1.54) is 24.8 Å². The van der Waals surface area contributed by atoms with E-state index in [0.717, 1.165) is 18.4 Å². The highest BCUT2D eigenvalue weighted by Gasteiger charge is 2.08. The number of nitrogens with zero attached hydrogens (tertiary/aromatic N) is 1. The lowest BCUT2D eigenvalue weighted by molar-refractivity contribution is -0.114. The third kappa shape index (κ3) is 3.70.